The van der Waals surface area contributed by atoms with Gasteiger partial charge in [-0.2, -0.15) is 0 Å². The Hall–Kier alpha value is -2.89. The number of carboxylic acids is 1. The molecule has 1 heterocycles. The van der Waals surface area contributed by atoms with Crippen LogP contribution in [0.5, 0.6) is 0 Å². The minimum Gasteiger partial charge on any atom is -0.512 e. The van der Waals surface area contributed by atoms with Gasteiger partial charge in [0.2, 0.25) is 0 Å². The van der Waals surface area contributed by atoms with Gasteiger partial charge in [0.05, 0.1) is 39.5 Å². The molecule has 0 aliphatic carbocycles. The molecule has 2 aromatic rings. The van der Waals surface area contributed by atoms with Crippen LogP contribution in [0.1, 0.15) is 63.3 Å². The van der Waals surface area contributed by atoms with Crippen LogP contribution in [0.3, 0.4) is 0 Å². The zero-order valence-electron chi connectivity index (χ0n) is 16.5. The van der Waals surface area contributed by atoms with Gasteiger partial charge in [-0.25, -0.2) is 14.8 Å². The molecule has 0 radical (unpaired) electrons. The summed E-state index contributed by atoms with van der Waals surface area (Å²) in [6.07, 6.45) is 3.03. The molecule has 0 saturated heterocycles. The Morgan fingerprint density at radius 1 is 0.815 bits per heavy atom. The number of aliphatic hydroxyl groups excluding tert-OH is 2. The number of carbonyl (C=O) groups is 1. The minimum absolute atomic E-state index is 0.104. The monoisotopic (exact) mass is 370 g/mol. The fourth-order valence-electron chi connectivity index (χ4n) is 2.12. The maximum absolute atomic E-state index is 11.2. The zero-order chi connectivity index (χ0) is 20.6. The summed E-state index contributed by atoms with van der Waals surface area (Å²) in [6.45, 7) is 11.2. The van der Waals surface area contributed by atoms with Crippen LogP contribution in [0, 0.1) is 10.8 Å². The van der Waals surface area contributed by atoms with Crippen molar-refractivity contribution >= 4 is 29.2 Å². The van der Waals surface area contributed by atoms with Gasteiger partial charge >= 0.3 is 5.97 Å². The van der Waals surface area contributed by atoms with Crippen molar-refractivity contribution in [3.8, 4) is 0 Å². The van der Waals surface area contributed by atoms with Crippen LogP contribution >= 0.6 is 0 Å². The Morgan fingerprint density at radius 2 is 1.26 bits per heavy atom. The second-order valence-electron chi connectivity index (χ2n) is 8.56. The molecular weight excluding hydrogens is 344 g/mol. The van der Waals surface area contributed by atoms with Crippen molar-refractivity contribution in [2.75, 3.05) is 0 Å². The summed E-state index contributed by atoms with van der Waals surface area (Å²) in [6, 6.07) is 4.47. The molecule has 27 heavy (non-hydrogen) atoms. The van der Waals surface area contributed by atoms with Gasteiger partial charge in [0.15, 0.2) is 0 Å². The molecule has 1 aromatic heterocycles. The van der Waals surface area contributed by atoms with E-state index in [2.05, 4.69) is 9.97 Å². The fourth-order valence-corrected chi connectivity index (χ4v) is 2.12. The number of aromatic nitrogens is 2. The minimum atomic E-state index is -1.05. The second kappa shape index (κ2) is 7.02. The van der Waals surface area contributed by atoms with Crippen molar-refractivity contribution in [2.24, 2.45) is 10.8 Å². The molecule has 0 aliphatic rings. The normalized spacial score (nSPS) is 13.9. The third-order valence-corrected chi connectivity index (χ3v) is 4.05. The number of allylic oxidation sites excluding steroid dienone is 2. The van der Waals surface area contributed by atoms with E-state index < -0.39 is 16.8 Å². The van der Waals surface area contributed by atoms with Crippen molar-refractivity contribution < 1.29 is 20.1 Å². The number of aliphatic hydroxyl groups is 2. The highest BCUT2D eigenvalue weighted by Crippen LogP contribution is 2.29. The number of hydrogen-bond donors (Lipinski definition) is 3. The molecule has 6 nitrogen and oxygen atoms in total. The molecule has 0 atom stereocenters. The van der Waals surface area contributed by atoms with E-state index >= 15 is 0 Å². The quantitative estimate of drug-likeness (QED) is 0.640. The lowest BCUT2D eigenvalue weighted by atomic mass is 9.92. The largest absolute Gasteiger partial charge is 0.512 e. The van der Waals surface area contributed by atoms with E-state index in [-0.39, 0.29) is 17.1 Å². The summed E-state index contributed by atoms with van der Waals surface area (Å²) in [5.74, 6) is -0.818. The van der Waals surface area contributed by atoms with E-state index in [0.29, 0.717) is 22.4 Å². The van der Waals surface area contributed by atoms with Gasteiger partial charge in [0, 0.05) is 23.0 Å². The highest BCUT2D eigenvalue weighted by Gasteiger charge is 2.20. The molecule has 6 heteroatoms. The van der Waals surface area contributed by atoms with Crippen LogP contribution in [0.15, 0.2) is 29.7 Å². The van der Waals surface area contributed by atoms with E-state index in [0.717, 1.165) is 0 Å². The van der Waals surface area contributed by atoms with Crippen LogP contribution in [0.4, 0.5) is 0 Å². The molecular formula is C21H26N2O4. The lowest BCUT2D eigenvalue weighted by Gasteiger charge is -2.19. The van der Waals surface area contributed by atoms with Crippen LogP contribution in [0.25, 0.3) is 23.2 Å². The number of rotatable bonds is 3. The number of benzene rings is 1. The SMILES string of the molecule is CC(C)(C)C(O)=Cc1nc2ccc(C(=O)O)cc2nc1C=C(O)C(C)(C)C. The molecule has 0 amide bonds. The Kier molecular flexibility index (Phi) is 5.31. The summed E-state index contributed by atoms with van der Waals surface area (Å²) in [7, 11) is 0. The summed E-state index contributed by atoms with van der Waals surface area (Å²) < 4.78 is 0. The van der Waals surface area contributed by atoms with Crippen molar-refractivity contribution in [3.05, 3.63) is 46.7 Å². The van der Waals surface area contributed by atoms with E-state index in [1.807, 2.05) is 41.5 Å². The molecule has 144 valence electrons. The lowest BCUT2D eigenvalue weighted by Crippen LogP contribution is -2.10. The standard InChI is InChI=1S/C21H26N2O4/c1-20(2,3)17(24)10-15-16(11-18(25)21(4,5)6)23-14-9-12(19(26)27)7-8-13(14)22-15/h7-11,24-25H,1-6H3,(H,26,27). The first-order valence-corrected chi connectivity index (χ1v) is 8.66. The summed E-state index contributed by atoms with van der Waals surface area (Å²) in [5, 5.41) is 30.0. The fraction of sp³-hybridized carbons (Fsp3) is 0.381. The molecule has 2 rings (SSSR count). The van der Waals surface area contributed by atoms with Crippen molar-refractivity contribution in [3.63, 3.8) is 0 Å². The second-order valence-corrected chi connectivity index (χ2v) is 8.56. The molecule has 0 spiro atoms. The maximum atomic E-state index is 11.2. The average Bonchev–Trinajstić information content (AvgIpc) is 2.52. The van der Waals surface area contributed by atoms with E-state index in [4.69, 9.17) is 0 Å². The van der Waals surface area contributed by atoms with E-state index in [1.165, 1.54) is 24.3 Å². The van der Waals surface area contributed by atoms with Crippen molar-refractivity contribution in [1.29, 1.82) is 0 Å². The molecule has 0 saturated carbocycles. The number of carboxylic acid groups (broad SMARTS) is 1. The predicted molar refractivity (Wildman–Crippen MR) is 107 cm³/mol. The molecule has 0 unspecified atom stereocenters. The first-order valence-electron chi connectivity index (χ1n) is 8.66. The van der Waals surface area contributed by atoms with E-state index in [9.17, 15) is 20.1 Å². The van der Waals surface area contributed by atoms with Crippen molar-refractivity contribution in [1.82, 2.24) is 9.97 Å². The van der Waals surface area contributed by atoms with Crippen LogP contribution in [-0.2, 0) is 0 Å². The number of hydrogen-bond acceptors (Lipinski definition) is 5. The van der Waals surface area contributed by atoms with Gasteiger partial charge in [-0.3, -0.25) is 0 Å². The lowest BCUT2D eigenvalue weighted by molar-refractivity contribution is 0.0697. The Balaban J connectivity index is 2.76. The molecule has 0 bridgehead atoms. The smallest absolute Gasteiger partial charge is 0.335 e. The zero-order valence-corrected chi connectivity index (χ0v) is 16.5. The average molecular weight is 370 g/mol. The first-order chi connectivity index (χ1) is 12.3. The van der Waals surface area contributed by atoms with Crippen LogP contribution < -0.4 is 0 Å². The van der Waals surface area contributed by atoms with E-state index in [1.54, 1.807) is 6.07 Å². The molecule has 0 aliphatic heterocycles. The van der Waals surface area contributed by atoms with Gasteiger partial charge in [-0.15, -0.1) is 0 Å². The summed E-state index contributed by atoms with van der Waals surface area (Å²) in [4.78, 5) is 20.2. The summed E-state index contributed by atoms with van der Waals surface area (Å²) >= 11 is 0. The third kappa shape index (κ3) is 4.84. The Labute approximate surface area is 158 Å². The molecule has 0 fully saturated rings. The predicted octanol–water partition coefficient (Wildman–Crippen LogP) is 5.22. The highest BCUT2D eigenvalue weighted by atomic mass is 16.4. The van der Waals surface area contributed by atoms with Gasteiger partial charge in [-0.1, -0.05) is 41.5 Å². The third-order valence-electron chi connectivity index (χ3n) is 4.05. The Bertz CT molecular complexity index is 945. The molecule has 1 aromatic carbocycles. The van der Waals surface area contributed by atoms with Gasteiger partial charge in [-0.05, 0) is 18.2 Å². The summed E-state index contributed by atoms with van der Waals surface area (Å²) in [5.41, 5.74) is 0.786. The molecule has 3 N–H and O–H groups in total. The van der Waals surface area contributed by atoms with Gasteiger partial charge < -0.3 is 15.3 Å². The highest BCUT2D eigenvalue weighted by molar-refractivity contribution is 5.92. The van der Waals surface area contributed by atoms with Crippen LogP contribution in [-0.4, -0.2) is 31.3 Å². The number of fused-ring (bicyclic) bond motifs is 1. The van der Waals surface area contributed by atoms with Crippen LogP contribution in [0.2, 0.25) is 0 Å². The van der Waals surface area contributed by atoms with Gasteiger partial charge in [0.25, 0.3) is 0 Å². The number of nitrogens with zero attached hydrogens (tertiary/aromatic N) is 2. The maximum Gasteiger partial charge on any atom is 0.335 e. The first kappa shape index (κ1) is 20.4. The van der Waals surface area contributed by atoms with Gasteiger partial charge in [0.1, 0.15) is 0 Å². The number of aromatic carboxylic acids is 1. The van der Waals surface area contributed by atoms with Crippen molar-refractivity contribution in [2.45, 2.75) is 41.5 Å². The Morgan fingerprint density at radius 3 is 1.67 bits per heavy atom. The topological polar surface area (TPSA) is 104 Å².